The number of amides is 1. The minimum absolute atomic E-state index is 0.0122. The summed E-state index contributed by atoms with van der Waals surface area (Å²) in [6.45, 7) is 3.90. The van der Waals surface area contributed by atoms with Crippen LogP contribution in [0.1, 0.15) is 25.0 Å². The summed E-state index contributed by atoms with van der Waals surface area (Å²) in [7, 11) is 1.53. The number of carbonyl (C=O) groups excluding carboxylic acids is 1. The van der Waals surface area contributed by atoms with Gasteiger partial charge in [-0.1, -0.05) is 29.3 Å². The van der Waals surface area contributed by atoms with Gasteiger partial charge in [-0.3, -0.25) is 4.79 Å². The van der Waals surface area contributed by atoms with Crippen molar-refractivity contribution < 1.29 is 14.3 Å². The number of rotatable bonds is 7. The molecule has 0 fully saturated rings. The molecule has 0 radical (unpaired) electrons. The summed E-state index contributed by atoms with van der Waals surface area (Å²) in [6.07, 6.45) is 1.52. The predicted octanol–water partition coefficient (Wildman–Crippen LogP) is 5.62. The quantitative estimate of drug-likeness (QED) is 0.279. The fraction of sp³-hybridized carbons (Fsp3) is 0.238. The fourth-order valence-electron chi connectivity index (χ4n) is 2.41. The molecule has 2 aromatic rings. The number of nitriles is 1. The molecule has 1 N–H and O–H groups in total. The van der Waals surface area contributed by atoms with Crippen LogP contribution in [0.15, 0.2) is 35.9 Å². The van der Waals surface area contributed by atoms with E-state index in [9.17, 15) is 10.1 Å². The first-order chi connectivity index (χ1) is 13.7. The first-order valence-electron chi connectivity index (χ1n) is 8.62. The van der Waals surface area contributed by atoms with Gasteiger partial charge in [0.1, 0.15) is 18.2 Å². The van der Waals surface area contributed by atoms with Gasteiger partial charge >= 0.3 is 0 Å². The summed E-state index contributed by atoms with van der Waals surface area (Å²) in [6, 6.07) is 10.6. The highest BCUT2D eigenvalue weighted by Crippen LogP contribution is 2.35. The Hall–Kier alpha value is -1.95. The molecule has 0 aliphatic rings. The number of ether oxygens (including phenoxy) is 2. The van der Waals surface area contributed by atoms with Crippen molar-refractivity contribution in [2.24, 2.45) is 0 Å². The Kier molecular flexibility index (Phi) is 8.62. The minimum atomic E-state index is -0.422. The van der Waals surface area contributed by atoms with Crippen molar-refractivity contribution in [2.45, 2.75) is 26.5 Å². The molecule has 0 spiro atoms. The molecule has 0 aliphatic carbocycles. The van der Waals surface area contributed by atoms with Crippen LogP contribution >= 0.6 is 45.8 Å². The molecular formula is C21H19Cl2IN2O3. The summed E-state index contributed by atoms with van der Waals surface area (Å²) in [4.78, 5) is 12.1. The summed E-state index contributed by atoms with van der Waals surface area (Å²) < 4.78 is 12.1. The van der Waals surface area contributed by atoms with Crippen LogP contribution in [0.2, 0.25) is 10.0 Å². The van der Waals surface area contributed by atoms with Gasteiger partial charge in [-0.15, -0.1) is 0 Å². The number of benzene rings is 2. The highest BCUT2D eigenvalue weighted by atomic mass is 127. The van der Waals surface area contributed by atoms with E-state index in [4.69, 9.17) is 32.7 Å². The number of carbonyl (C=O) groups is 1. The Bertz CT molecular complexity index is 985. The van der Waals surface area contributed by atoms with Gasteiger partial charge in [0.05, 0.1) is 10.7 Å². The first kappa shape index (κ1) is 23.3. The lowest BCUT2D eigenvalue weighted by atomic mass is 10.1. The molecular weight excluding hydrogens is 526 g/mol. The van der Waals surface area contributed by atoms with E-state index in [2.05, 4.69) is 27.9 Å². The van der Waals surface area contributed by atoms with E-state index in [1.807, 2.05) is 26.0 Å². The molecule has 8 heteroatoms. The number of nitrogens with zero attached hydrogens (tertiary/aromatic N) is 1. The van der Waals surface area contributed by atoms with Crippen LogP contribution in [-0.2, 0) is 11.4 Å². The molecule has 0 heterocycles. The second-order valence-electron chi connectivity index (χ2n) is 6.36. The summed E-state index contributed by atoms with van der Waals surface area (Å²) in [5.41, 5.74) is 1.45. The van der Waals surface area contributed by atoms with Crippen molar-refractivity contribution in [3.8, 4) is 17.6 Å². The SMILES string of the molecule is COc1cc(/C=C(/C#N)C(=O)NC(C)C)cc(I)c1OCc1ccc(Cl)cc1Cl. The molecule has 0 saturated heterocycles. The van der Waals surface area contributed by atoms with Crippen molar-refractivity contribution >= 4 is 57.8 Å². The van der Waals surface area contributed by atoms with Crippen LogP contribution < -0.4 is 14.8 Å². The number of hydrogen-bond acceptors (Lipinski definition) is 4. The molecule has 1 amide bonds. The van der Waals surface area contributed by atoms with Gasteiger partial charge < -0.3 is 14.8 Å². The van der Waals surface area contributed by atoms with E-state index < -0.39 is 5.91 Å². The molecule has 0 aromatic heterocycles. The lowest BCUT2D eigenvalue weighted by Gasteiger charge is -2.14. The zero-order chi connectivity index (χ0) is 21.6. The highest BCUT2D eigenvalue weighted by Gasteiger charge is 2.15. The molecule has 0 aliphatic heterocycles. The monoisotopic (exact) mass is 544 g/mol. The maximum Gasteiger partial charge on any atom is 0.262 e. The van der Waals surface area contributed by atoms with Crippen LogP contribution in [0.5, 0.6) is 11.5 Å². The van der Waals surface area contributed by atoms with Gasteiger partial charge in [0, 0.05) is 21.7 Å². The van der Waals surface area contributed by atoms with Crippen molar-refractivity contribution in [3.63, 3.8) is 0 Å². The maximum absolute atomic E-state index is 12.1. The summed E-state index contributed by atoms with van der Waals surface area (Å²) >= 11 is 14.2. The van der Waals surface area contributed by atoms with Gasteiger partial charge in [-0.2, -0.15) is 5.26 Å². The Morgan fingerprint density at radius 3 is 2.62 bits per heavy atom. The molecule has 0 saturated carbocycles. The number of halogens is 3. The third kappa shape index (κ3) is 6.53. The van der Waals surface area contributed by atoms with E-state index >= 15 is 0 Å². The molecule has 0 bridgehead atoms. The van der Waals surface area contributed by atoms with E-state index in [1.165, 1.54) is 13.2 Å². The molecule has 0 unspecified atom stereocenters. The molecule has 152 valence electrons. The second kappa shape index (κ2) is 10.7. The van der Waals surface area contributed by atoms with E-state index in [1.54, 1.807) is 24.3 Å². The van der Waals surface area contributed by atoms with Crippen LogP contribution in [0.3, 0.4) is 0 Å². The van der Waals surface area contributed by atoms with Gasteiger partial charge in [0.25, 0.3) is 5.91 Å². The Balaban J connectivity index is 2.30. The molecule has 2 rings (SSSR count). The first-order valence-corrected chi connectivity index (χ1v) is 10.5. The van der Waals surface area contributed by atoms with Gasteiger partial charge in [-0.05, 0) is 72.3 Å². The lowest BCUT2D eigenvalue weighted by Crippen LogP contribution is -2.30. The van der Waals surface area contributed by atoms with Gasteiger partial charge in [0.15, 0.2) is 11.5 Å². The van der Waals surface area contributed by atoms with Gasteiger partial charge in [-0.25, -0.2) is 0 Å². The minimum Gasteiger partial charge on any atom is -0.493 e. The predicted molar refractivity (Wildman–Crippen MR) is 123 cm³/mol. The Morgan fingerprint density at radius 1 is 1.31 bits per heavy atom. The Labute approximate surface area is 193 Å². The third-order valence-electron chi connectivity index (χ3n) is 3.73. The van der Waals surface area contributed by atoms with Crippen LogP contribution in [0.4, 0.5) is 0 Å². The van der Waals surface area contributed by atoms with Crippen LogP contribution in [0, 0.1) is 14.9 Å². The number of nitrogens with one attached hydrogen (secondary N) is 1. The lowest BCUT2D eigenvalue weighted by molar-refractivity contribution is -0.117. The molecule has 5 nitrogen and oxygen atoms in total. The van der Waals surface area contributed by atoms with Crippen molar-refractivity contribution in [1.29, 1.82) is 5.26 Å². The van der Waals surface area contributed by atoms with Gasteiger partial charge in [0.2, 0.25) is 0 Å². The number of hydrogen-bond donors (Lipinski definition) is 1. The average molecular weight is 545 g/mol. The van der Waals surface area contributed by atoms with E-state index in [-0.39, 0.29) is 18.2 Å². The molecule has 29 heavy (non-hydrogen) atoms. The normalized spacial score (nSPS) is 11.2. The molecule has 2 aromatic carbocycles. The maximum atomic E-state index is 12.1. The van der Waals surface area contributed by atoms with Crippen molar-refractivity contribution in [3.05, 3.63) is 60.6 Å². The average Bonchev–Trinajstić information content (AvgIpc) is 2.65. The highest BCUT2D eigenvalue weighted by molar-refractivity contribution is 14.1. The number of methoxy groups -OCH3 is 1. The zero-order valence-electron chi connectivity index (χ0n) is 16.1. The van der Waals surface area contributed by atoms with Crippen molar-refractivity contribution in [2.75, 3.05) is 7.11 Å². The fourth-order valence-corrected chi connectivity index (χ4v) is 3.65. The van der Waals surface area contributed by atoms with E-state index in [0.29, 0.717) is 27.1 Å². The van der Waals surface area contributed by atoms with E-state index in [0.717, 1.165) is 9.13 Å². The topological polar surface area (TPSA) is 71.3 Å². The largest absolute Gasteiger partial charge is 0.493 e. The standard InChI is InChI=1S/C21H19Cl2IN2O3/c1-12(2)26-21(27)15(10-25)6-13-7-18(24)20(19(8-13)28-3)29-11-14-4-5-16(22)9-17(14)23/h4-9,12H,11H2,1-3H3,(H,26,27)/b15-6-. The third-order valence-corrected chi connectivity index (χ3v) is 5.12. The summed E-state index contributed by atoms with van der Waals surface area (Å²) in [5, 5.41) is 13.1. The van der Waals surface area contributed by atoms with Crippen LogP contribution in [-0.4, -0.2) is 19.1 Å². The van der Waals surface area contributed by atoms with Crippen molar-refractivity contribution in [1.82, 2.24) is 5.32 Å². The summed E-state index contributed by atoms with van der Waals surface area (Å²) in [5.74, 6) is 0.602. The Morgan fingerprint density at radius 2 is 2.03 bits per heavy atom. The van der Waals surface area contributed by atoms with Crippen LogP contribution in [0.25, 0.3) is 6.08 Å². The second-order valence-corrected chi connectivity index (χ2v) is 8.36. The molecule has 0 atom stereocenters. The smallest absolute Gasteiger partial charge is 0.262 e. The zero-order valence-corrected chi connectivity index (χ0v) is 19.7.